The summed E-state index contributed by atoms with van der Waals surface area (Å²) in [5.41, 5.74) is 5.41. The van der Waals surface area contributed by atoms with Gasteiger partial charge in [0.05, 0.1) is 5.92 Å². The van der Waals surface area contributed by atoms with Crippen LogP contribution >= 0.6 is 0 Å². The molecular formula is C26H42N4O6. The topological polar surface area (TPSA) is 148 Å². The predicted octanol–water partition coefficient (Wildman–Crippen LogP) is 2.63. The minimum absolute atomic E-state index is 0.110. The summed E-state index contributed by atoms with van der Waals surface area (Å²) in [5, 5.41) is 5.09. The fourth-order valence-corrected chi connectivity index (χ4v) is 4.27. The number of likely N-dealkylation sites (N-methyl/N-ethyl adjacent to an activating group) is 1. The largest absolute Gasteiger partial charge is 0.460 e. The first-order valence-electron chi connectivity index (χ1n) is 12.5. The third-order valence-corrected chi connectivity index (χ3v) is 6.60. The summed E-state index contributed by atoms with van der Waals surface area (Å²) in [6.07, 6.45) is 4.07. The number of nitrogens with two attached hydrogens (primary N) is 1. The molecule has 1 heterocycles. The Bertz CT molecular complexity index is 870. The molecule has 0 bridgehead atoms. The summed E-state index contributed by atoms with van der Waals surface area (Å²) in [6, 6.07) is -2.08. The number of imide groups is 1. The van der Waals surface area contributed by atoms with Crippen LogP contribution in [0.3, 0.4) is 0 Å². The Balaban J connectivity index is 3.32. The molecule has 10 nitrogen and oxygen atoms in total. The molecule has 0 aromatic rings. The number of rotatable bonds is 9. The van der Waals surface area contributed by atoms with E-state index < -0.39 is 47.8 Å². The molecule has 6 atom stereocenters. The van der Waals surface area contributed by atoms with Gasteiger partial charge in [0.15, 0.2) is 0 Å². The number of nitrogens with one attached hydrogen (secondary N) is 2. The van der Waals surface area contributed by atoms with Crippen LogP contribution in [0.1, 0.15) is 66.7 Å². The average molecular weight is 507 g/mol. The number of amides is 5. The van der Waals surface area contributed by atoms with Crippen molar-refractivity contribution in [3.63, 3.8) is 0 Å². The van der Waals surface area contributed by atoms with Crippen LogP contribution in [0.5, 0.6) is 0 Å². The van der Waals surface area contributed by atoms with Crippen molar-refractivity contribution in [2.45, 2.75) is 78.9 Å². The monoisotopic (exact) mass is 506 g/mol. The second-order valence-electron chi connectivity index (χ2n) is 10.0. The van der Waals surface area contributed by atoms with Gasteiger partial charge < -0.3 is 21.1 Å². The predicted molar refractivity (Wildman–Crippen MR) is 136 cm³/mol. The SMILES string of the molecule is C=C1C=CC(=O)N(C)C(=O)NC(CCC(N)=O)C(=O)OC(C(C)CC(C)CC(C)CC)C(C)C(=O)N1. The molecule has 1 aliphatic heterocycles. The number of cyclic esters (lactones) is 1. The van der Waals surface area contributed by atoms with Crippen LogP contribution in [-0.4, -0.2) is 53.8 Å². The van der Waals surface area contributed by atoms with Gasteiger partial charge in [0.25, 0.3) is 5.91 Å². The zero-order valence-electron chi connectivity index (χ0n) is 22.3. The third kappa shape index (κ3) is 9.83. The molecule has 0 spiro atoms. The van der Waals surface area contributed by atoms with Crippen LogP contribution in [0, 0.1) is 23.7 Å². The van der Waals surface area contributed by atoms with Crippen LogP contribution in [0.4, 0.5) is 4.79 Å². The zero-order chi connectivity index (χ0) is 27.6. The van der Waals surface area contributed by atoms with Gasteiger partial charge in [0.1, 0.15) is 12.1 Å². The molecule has 0 radical (unpaired) electrons. The average Bonchev–Trinajstić information content (AvgIpc) is 2.80. The highest BCUT2D eigenvalue weighted by atomic mass is 16.5. The van der Waals surface area contributed by atoms with Crippen molar-refractivity contribution in [2.24, 2.45) is 29.4 Å². The van der Waals surface area contributed by atoms with Gasteiger partial charge in [0, 0.05) is 25.2 Å². The Morgan fingerprint density at radius 1 is 1.14 bits per heavy atom. The number of esters is 1. The molecule has 202 valence electrons. The van der Waals surface area contributed by atoms with Gasteiger partial charge in [-0.25, -0.2) is 9.59 Å². The van der Waals surface area contributed by atoms with E-state index in [2.05, 4.69) is 38.0 Å². The van der Waals surface area contributed by atoms with E-state index in [0.29, 0.717) is 11.8 Å². The highest BCUT2D eigenvalue weighted by molar-refractivity contribution is 6.01. The van der Waals surface area contributed by atoms with Crippen LogP contribution in [-0.2, 0) is 23.9 Å². The fourth-order valence-electron chi connectivity index (χ4n) is 4.27. The first kappa shape index (κ1) is 30.9. The minimum Gasteiger partial charge on any atom is -0.460 e. The number of ether oxygens (including phenoxy) is 1. The van der Waals surface area contributed by atoms with E-state index in [0.717, 1.165) is 30.2 Å². The molecular weight excluding hydrogens is 464 g/mol. The molecule has 5 amide bonds. The maximum absolute atomic E-state index is 13.2. The number of nitrogens with zero attached hydrogens (tertiary/aromatic N) is 1. The van der Waals surface area contributed by atoms with Gasteiger partial charge >= 0.3 is 12.0 Å². The van der Waals surface area contributed by atoms with Crippen LogP contribution in [0.25, 0.3) is 0 Å². The number of urea groups is 1. The van der Waals surface area contributed by atoms with Gasteiger partial charge in [-0.2, -0.15) is 0 Å². The third-order valence-electron chi connectivity index (χ3n) is 6.60. The lowest BCUT2D eigenvalue weighted by Crippen LogP contribution is -2.51. The van der Waals surface area contributed by atoms with Crippen molar-refractivity contribution in [3.05, 3.63) is 24.4 Å². The molecule has 0 fully saturated rings. The van der Waals surface area contributed by atoms with E-state index in [1.807, 2.05) is 6.92 Å². The van der Waals surface area contributed by atoms with E-state index in [1.165, 1.54) is 13.1 Å². The van der Waals surface area contributed by atoms with Crippen molar-refractivity contribution in [2.75, 3.05) is 7.05 Å². The van der Waals surface area contributed by atoms with Gasteiger partial charge in [-0.15, -0.1) is 0 Å². The summed E-state index contributed by atoms with van der Waals surface area (Å²) in [6.45, 7) is 13.8. The van der Waals surface area contributed by atoms with Crippen molar-refractivity contribution in [1.29, 1.82) is 0 Å². The Morgan fingerprint density at radius 3 is 2.36 bits per heavy atom. The zero-order valence-corrected chi connectivity index (χ0v) is 22.3. The molecule has 0 aromatic carbocycles. The number of carbonyl (C=O) groups excluding carboxylic acids is 5. The Kier molecular flexibility index (Phi) is 12.3. The highest BCUT2D eigenvalue weighted by Gasteiger charge is 2.36. The molecule has 6 unspecified atom stereocenters. The first-order valence-corrected chi connectivity index (χ1v) is 12.5. The summed E-state index contributed by atoms with van der Waals surface area (Å²) in [7, 11) is 1.23. The molecule has 0 aliphatic carbocycles. The molecule has 1 aliphatic rings. The number of hydrogen-bond acceptors (Lipinski definition) is 6. The highest BCUT2D eigenvalue weighted by Crippen LogP contribution is 2.28. The molecule has 1 rings (SSSR count). The maximum atomic E-state index is 13.2. The van der Waals surface area contributed by atoms with E-state index in [4.69, 9.17) is 10.5 Å². The lowest BCUT2D eigenvalue weighted by Gasteiger charge is -2.32. The summed E-state index contributed by atoms with van der Waals surface area (Å²) < 4.78 is 5.84. The minimum atomic E-state index is -1.23. The Hall–Kier alpha value is -3.17. The standard InChI is InChI=1S/C26H42N4O6/c1-8-15(2)13-16(3)14-17(4)23-19(6)24(33)28-18(5)9-12-22(32)30(7)26(35)29-20(25(34)36-23)10-11-21(27)31/h9,12,15-17,19-20,23H,5,8,10-11,13-14H2,1-4,6-7H3,(H2,27,31)(H,28,33)(H,29,35). The van der Waals surface area contributed by atoms with Crippen LogP contribution in [0.15, 0.2) is 24.4 Å². The van der Waals surface area contributed by atoms with E-state index >= 15 is 0 Å². The molecule has 0 saturated heterocycles. The number of allylic oxidation sites excluding steroid dienone is 1. The molecule has 10 heteroatoms. The first-order chi connectivity index (χ1) is 16.8. The molecule has 4 N–H and O–H groups in total. The van der Waals surface area contributed by atoms with Gasteiger partial charge in [-0.3, -0.25) is 19.3 Å². The van der Waals surface area contributed by atoms with Crippen molar-refractivity contribution in [1.82, 2.24) is 15.5 Å². The number of primary amides is 1. The quantitative estimate of drug-likeness (QED) is 0.410. The second-order valence-corrected chi connectivity index (χ2v) is 10.0. The Morgan fingerprint density at radius 2 is 1.78 bits per heavy atom. The van der Waals surface area contributed by atoms with E-state index in [-0.39, 0.29) is 24.5 Å². The van der Waals surface area contributed by atoms with Gasteiger partial charge in [0.2, 0.25) is 11.8 Å². The van der Waals surface area contributed by atoms with Gasteiger partial charge in [-0.1, -0.05) is 47.6 Å². The molecule has 0 saturated carbocycles. The summed E-state index contributed by atoms with van der Waals surface area (Å²) >= 11 is 0. The van der Waals surface area contributed by atoms with Crippen LogP contribution < -0.4 is 16.4 Å². The molecule has 36 heavy (non-hydrogen) atoms. The van der Waals surface area contributed by atoms with Crippen LogP contribution in [0.2, 0.25) is 0 Å². The van der Waals surface area contributed by atoms with Crippen molar-refractivity contribution >= 4 is 29.7 Å². The van der Waals surface area contributed by atoms with E-state index in [1.54, 1.807) is 6.92 Å². The Labute approximate surface area is 214 Å². The van der Waals surface area contributed by atoms with E-state index in [9.17, 15) is 24.0 Å². The lowest BCUT2D eigenvalue weighted by molar-refractivity contribution is -0.159. The summed E-state index contributed by atoms with van der Waals surface area (Å²) in [4.78, 5) is 63.3. The summed E-state index contributed by atoms with van der Waals surface area (Å²) in [5.74, 6) is -2.62. The smallest absolute Gasteiger partial charge is 0.329 e. The van der Waals surface area contributed by atoms with Crippen molar-refractivity contribution in [3.8, 4) is 0 Å². The lowest BCUT2D eigenvalue weighted by atomic mass is 9.83. The fraction of sp³-hybridized carbons (Fsp3) is 0.654. The van der Waals surface area contributed by atoms with Crippen molar-refractivity contribution < 1.29 is 28.7 Å². The van der Waals surface area contributed by atoms with Gasteiger partial charge in [-0.05, 0) is 43.1 Å². The normalized spacial score (nSPS) is 24.8. The maximum Gasteiger partial charge on any atom is 0.329 e. The second kappa shape index (κ2) is 14.4. The number of carbonyl (C=O) groups is 5. The molecule has 0 aromatic heterocycles. The number of hydrogen-bond donors (Lipinski definition) is 3.